The number of hydrogen-bond donors (Lipinski definition) is 2. The molecule has 1 aliphatic carbocycles. The van der Waals surface area contributed by atoms with E-state index in [4.69, 9.17) is 10.5 Å². The summed E-state index contributed by atoms with van der Waals surface area (Å²) >= 11 is 0. The highest BCUT2D eigenvalue weighted by atomic mass is 16.6. The average molecular weight is 383 g/mol. The number of carbonyl (C=O) groups excluding carboxylic acids is 1. The number of amides is 1. The first kappa shape index (κ1) is 18.3. The second-order valence-corrected chi connectivity index (χ2v) is 8.87. The number of nitrogen functional groups attached to an aromatic ring is 1. The Morgan fingerprint density at radius 2 is 2.21 bits per heavy atom. The summed E-state index contributed by atoms with van der Waals surface area (Å²) in [4.78, 5) is 14.1. The van der Waals surface area contributed by atoms with E-state index in [1.54, 1.807) is 22.0 Å². The Hall–Kier alpha value is -3.02. The molecule has 9 nitrogen and oxygen atoms in total. The number of carbonyl (C=O) groups is 1. The monoisotopic (exact) mass is 383 g/mol. The van der Waals surface area contributed by atoms with E-state index in [0.717, 1.165) is 24.8 Å². The van der Waals surface area contributed by atoms with Crippen LogP contribution in [0.4, 0.5) is 10.6 Å². The lowest BCUT2D eigenvalue weighted by Gasteiger charge is -2.45. The summed E-state index contributed by atoms with van der Waals surface area (Å²) in [5, 5.41) is 20.8. The van der Waals surface area contributed by atoms with Gasteiger partial charge in [-0.3, -0.25) is 5.10 Å². The number of nitrogens with one attached hydrogen (secondary N) is 1. The molecule has 1 aliphatic heterocycles. The van der Waals surface area contributed by atoms with Crippen LogP contribution in [0.25, 0.3) is 11.3 Å². The molecule has 0 aromatic carbocycles. The van der Waals surface area contributed by atoms with Gasteiger partial charge >= 0.3 is 6.09 Å². The van der Waals surface area contributed by atoms with Crippen LogP contribution in [0.2, 0.25) is 0 Å². The van der Waals surface area contributed by atoms with Crippen molar-refractivity contribution in [3.63, 3.8) is 0 Å². The van der Waals surface area contributed by atoms with Crippen molar-refractivity contribution in [2.45, 2.75) is 51.7 Å². The largest absolute Gasteiger partial charge is 0.444 e. The van der Waals surface area contributed by atoms with Crippen LogP contribution in [0.3, 0.4) is 0 Å². The third kappa shape index (κ3) is 3.09. The molecule has 1 amide bonds. The molecule has 4 rings (SSSR count). The fourth-order valence-electron chi connectivity index (χ4n) is 4.28. The molecular formula is C19H25N7O2. The van der Waals surface area contributed by atoms with Crippen molar-refractivity contribution in [2.24, 2.45) is 5.41 Å². The minimum atomic E-state index is -0.490. The second-order valence-electron chi connectivity index (χ2n) is 8.87. The number of likely N-dealkylation sites (tertiary alicyclic amines) is 1. The van der Waals surface area contributed by atoms with Crippen LogP contribution in [0.1, 0.15) is 51.6 Å². The van der Waals surface area contributed by atoms with E-state index in [-0.39, 0.29) is 17.6 Å². The zero-order valence-electron chi connectivity index (χ0n) is 16.4. The molecule has 28 heavy (non-hydrogen) atoms. The number of anilines is 1. The van der Waals surface area contributed by atoms with E-state index in [1.165, 1.54) is 0 Å². The van der Waals surface area contributed by atoms with Gasteiger partial charge in [0.05, 0.1) is 12.2 Å². The normalized spacial score (nSPS) is 24.2. The summed E-state index contributed by atoms with van der Waals surface area (Å²) in [5.74, 6) is 0.389. The average Bonchev–Trinajstić information content (AvgIpc) is 3.30. The molecule has 1 saturated heterocycles. The Kier molecular flexibility index (Phi) is 4.10. The summed E-state index contributed by atoms with van der Waals surface area (Å²) in [7, 11) is 0. The van der Waals surface area contributed by atoms with Crippen LogP contribution >= 0.6 is 0 Å². The standard InChI is InChI=1S/C19H25N7O2/c1-18(2,3)28-17(27)25-5-4-19(11-25)6-13(7-19)26-16(21)14(8-20)15(24-26)12-9-22-23-10-12/h9-10,13H,4-7,11,21H2,1-3H3,(H,22,23)/t13-,19-. The Morgan fingerprint density at radius 1 is 1.46 bits per heavy atom. The fourth-order valence-corrected chi connectivity index (χ4v) is 4.28. The van der Waals surface area contributed by atoms with Crippen molar-refractivity contribution in [1.82, 2.24) is 24.9 Å². The van der Waals surface area contributed by atoms with Crippen molar-refractivity contribution >= 4 is 11.9 Å². The summed E-state index contributed by atoms with van der Waals surface area (Å²) in [6, 6.07) is 2.29. The number of aromatic amines is 1. The van der Waals surface area contributed by atoms with E-state index >= 15 is 0 Å². The van der Waals surface area contributed by atoms with Gasteiger partial charge in [-0.05, 0) is 45.4 Å². The van der Waals surface area contributed by atoms with Crippen LogP contribution in [0, 0.1) is 16.7 Å². The molecule has 0 bridgehead atoms. The van der Waals surface area contributed by atoms with Gasteiger partial charge in [0.15, 0.2) is 0 Å². The maximum absolute atomic E-state index is 12.3. The molecule has 3 N–H and O–H groups in total. The molecule has 0 radical (unpaired) electrons. The van der Waals surface area contributed by atoms with Gasteiger partial charge in [0.2, 0.25) is 0 Å². The third-order valence-electron chi connectivity index (χ3n) is 5.60. The van der Waals surface area contributed by atoms with E-state index in [0.29, 0.717) is 30.2 Å². The van der Waals surface area contributed by atoms with Gasteiger partial charge < -0.3 is 15.4 Å². The first-order valence-corrected chi connectivity index (χ1v) is 9.46. The number of ether oxygens (including phenoxy) is 1. The predicted octanol–water partition coefficient (Wildman–Crippen LogP) is 2.69. The number of H-pyrrole nitrogens is 1. The van der Waals surface area contributed by atoms with Crippen LogP contribution in [0.5, 0.6) is 0 Å². The smallest absolute Gasteiger partial charge is 0.410 e. The molecule has 0 unspecified atom stereocenters. The highest BCUT2D eigenvalue weighted by Gasteiger charge is 2.51. The SMILES string of the molecule is CC(C)(C)OC(=O)N1CC[C@]2(C1)C[C@H](n1nc(-c3cn[nH]c3)c(C#N)c1N)C2. The highest BCUT2D eigenvalue weighted by molar-refractivity contribution is 5.72. The first-order valence-electron chi connectivity index (χ1n) is 9.46. The van der Waals surface area contributed by atoms with Gasteiger partial charge in [-0.2, -0.15) is 15.5 Å². The van der Waals surface area contributed by atoms with E-state index in [2.05, 4.69) is 21.4 Å². The molecule has 1 spiro atoms. The van der Waals surface area contributed by atoms with Gasteiger partial charge in [-0.25, -0.2) is 9.48 Å². The summed E-state index contributed by atoms with van der Waals surface area (Å²) < 4.78 is 7.26. The van der Waals surface area contributed by atoms with Gasteiger partial charge in [-0.15, -0.1) is 0 Å². The molecule has 2 fully saturated rings. The second kappa shape index (κ2) is 6.26. The van der Waals surface area contributed by atoms with Crippen LogP contribution in [-0.4, -0.2) is 49.7 Å². The molecular weight excluding hydrogens is 358 g/mol. The van der Waals surface area contributed by atoms with Crippen molar-refractivity contribution in [1.29, 1.82) is 5.26 Å². The lowest BCUT2D eigenvalue weighted by molar-refractivity contribution is 0.0188. The molecule has 148 valence electrons. The fraction of sp³-hybridized carbons (Fsp3) is 0.579. The lowest BCUT2D eigenvalue weighted by atomic mass is 9.65. The molecule has 1 saturated carbocycles. The van der Waals surface area contributed by atoms with Crippen molar-refractivity contribution in [2.75, 3.05) is 18.8 Å². The Morgan fingerprint density at radius 3 is 2.82 bits per heavy atom. The number of rotatable bonds is 2. The number of hydrogen-bond acceptors (Lipinski definition) is 6. The maximum Gasteiger partial charge on any atom is 0.410 e. The molecule has 2 aliphatic rings. The van der Waals surface area contributed by atoms with Gasteiger partial charge in [-0.1, -0.05) is 0 Å². The van der Waals surface area contributed by atoms with Gasteiger partial charge in [0.25, 0.3) is 0 Å². The van der Waals surface area contributed by atoms with E-state index in [1.807, 2.05) is 20.8 Å². The number of nitriles is 1. The van der Waals surface area contributed by atoms with Crippen molar-refractivity contribution < 1.29 is 9.53 Å². The molecule has 0 atom stereocenters. The zero-order chi connectivity index (χ0) is 20.1. The minimum absolute atomic E-state index is 0.0859. The summed E-state index contributed by atoms with van der Waals surface area (Å²) in [5.41, 5.74) is 7.50. The molecule has 2 aromatic rings. The summed E-state index contributed by atoms with van der Waals surface area (Å²) in [6.07, 6.45) is 5.79. The van der Waals surface area contributed by atoms with Crippen molar-refractivity contribution in [3.8, 4) is 17.3 Å². The van der Waals surface area contributed by atoms with Gasteiger partial charge in [0, 0.05) is 24.8 Å². The maximum atomic E-state index is 12.3. The minimum Gasteiger partial charge on any atom is -0.444 e. The first-order chi connectivity index (χ1) is 13.2. The van der Waals surface area contributed by atoms with E-state index < -0.39 is 5.60 Å². The number of nitrogens with zero attached hydrogens (tertiary/aromatic N) is 5. The van der Waals surface area contributed by atoms with E-state index in [9.17, 15) is 10.1 Å². The number of nitrogens with two attached hydrogens (primary N) is 1. The zero-order valence-corrected chi connectivity index (χ0v) is 16.4. The topological polar surface area (TPSA) is 126 Å². The molecule has 3 heterocycles. The van der Waals surface area contributed by atoms with Crippen LogP contribution in [-0.2, 0) is 4.74 Å². The van der Waals surface area contributed by atoms with Crippen molar-refractivity contribution in [3.05, 3.63) is 18.0 Å². The van der Waals surface area contributed by atoms with Crippen LogP contribution < -0.4 is 5.73 Å². The van der Waals surface area contributed by atoms with Gasteiger partial charge in [0.1, 0.15) is 28.7 Å². The van der Waals surface area contributed by atoms with Crippen LogP contribution in [0.15, 0.2) is 12.4 Å². The Labute approximate surface area is 163 Å². The Balaban J connectivity index is 1.46. The molecule has 2 aromatic heterocycles. The highest BCUT2D eigenvalue weighted by Crippen LogP contribution is 2.54. The Bertz CT molecular complexity index is 927. The lowest BCUT2D eigenvalue weighted by Crippen LogP contribution is -2.43. The predicted molar refractivity (Wildman–Crippen MR) is 102 cm³/mol. The third-order valence-corrected chi connectivity index (χ3v) is 5.60. The summed E-state index contributed by atoms with van der Waals surface area (Å²) in [6.45, 7) is 7.03. The number of aromatic nitrogens is 4. The quantitative estimate of drug-likeness (QED) is 0.821. The molecule has 9 heteroatoms.